The van der Waals surface area contributed by atoms with Crippen LogP contribution in [0.5, 0.6) is 11.5 Å². The van der Waals surface area contributed by atoms with Crippen LogP contribution in [-0.4, -0.2) is 24.7 Å². The first-order valence-corrected chi connectivity index (χ1v) is 11.3. The molecule has 170 valence electrons. The normalized spacial score (nSPS) is 10.9. The van der Waals surface area contributed by atoms with Crippen LogP contribution in [0.3, 0.4) is 0 Å². The molecule has 0 bridgehead atoms. The Morgan fingerprint density at radius 2 is 1.74 bits per heavy atom. The Bertz CT molecular complexity index is 1380. The number of rotatable bonds is 7. The molecule has 1 N–H and O–H groups in total. The van der Waals surface area contributed by atoms with Gasteiger partial charge in [-0.25, -0.2) is 10.2 Å². The van der Waals surface area contributed by atoms with Gasteiger partial charge in [0, 0.05) is 15.4 Å². The van der Waals surface area contributed by atoms with E-state index in [0.29, 0.717) is 22.6 Å². The molecule has 0 spiro atoms. The first-order chi connectivity index (χ1) is 16.5. The van der Waals surface area contributed by atoms with Crippen molar-refractivity contribution in [1.29, 1.82) is 0 Å². The molecule has 0 saturated heterocycles. The van der Waals surface area contributed by atoms with Gasteiger partial charge in [-0.05, 0) is 48.7 Å². The molecular formula is C27H21BrN2O4. The molecule has 0 aliphatic carbocycles. The number of benzene rings is 4. The highest BCUT2D eigenvalue weighted by atomic mass is 79.9. The predicted molar refractivity (Wildman–Crippen MR) is 135 cm³/mol. The topological polar surface area (TPSA) is 77.0 Å². The summed E-state index contributed by atoms with van der Waals surface area (Å²) in [5, 5.41) is 5.95. The lowest BCUT2D eigenvalue weighted by atomic mass is 10.1. The molecule has 0 aliphatic heterocycles. The molecule has 0 aliphatic rings. The Balaban J connectivity index is 1.39. The molecular weight excluding hydrogens is 496 g/mol. The monoisotopic (exact) mass is 516 g/mol. The number of hydrogen-bond donors (Lipinski definition) is 1. The van der Waals surface area contributed by atoms with Gasteiger partial charge < -0.3 is 9.47 Å². The Labute approximate surface area is 205 Å². The van der Waals surface area contributed by atoms with E-state index in [9.17, 15) is 9.59 Å². The molecule has 7 heteroatoms. The Hall–Kier alpha value is -3.97. The minimum atomic E-state index is -0.479. The number of amides is 1. The van der Waals surface area contributed by atoms with E-state index < -0.39 is 11.9 Å². The molecule has 0 fully saturated rings. The zero-order valence-electron chi connectivity index (χ0n) is 18.3. The average molecular weight is 517 g/mol. The van der Waals surface area contributed by atoms with Gasteiger partial charge in [-0.2, -0.15) is 5.10 Å². The number of nitrogens with zero attached hydrogens (tertiary/aromatic N) is 1. The van der Waals surface area contributed by atoms with E-state index in [0.717, 1.165) is 20.8 Å². The summed E-state index contributed by atoms with van der Waals surface area (Å²) in [4.78, 5) is 24.8. The summed E-state index contributed by atoms with van der Waals surface area (Å²) in [7, 11) is 0. The van der Waals surface area contributed by atoms with Crippen LogP contribution in [0.2, 0.25) is 0 Å². The van der Waals surface area contributed by atoms with E-state index in [2.05, 4.69) is 26.5 Å². The maximum absolute atomic E-state index is 12.5. The third-order valence-corrected chi connectivity index (χ3v) is 5.42. The van der Waals surface area contributed by atoms with Crippen molar-refractivity contribution in [1.82, 2.24) is 5.43 Å². The van der Waals surface area contributed by atoms with E-state index in [1.54, 1.807) is 36.4 Å². The molecule has 0 saturated carbocycles. The number of carbonyl (C=O) groups is 2. The van der Waals surface area contributed by atoms with Crippen molar-refractivity contribution in [3.8, 4) is 11.5 Å². The van der Waals surface area contributed by atoms with E-state index in [1.165, 1.54) is 6.21 Å². The van der Waals surface area contributed by atoms with Gasteiger partial charge in [-0.15, -0.1) is 0 Å². The SMILES string of the molecule is Cc1cccc(C(=O)Oc2ccc(Br)cc2/C=N/NC(=O)COc2cccc3ccccc23)c1. The standard InChI is InChI=1S/C27H21BrN2O4/c1-18-6-4-9-20(14-18)27(32)34-24-13-12-22(28)15-21(24)16-29-30-26(31)17-33-25-11-5-8-19-7-2-3-10-23(19)25/h2-16H,17H2,1H3,(H,30,31)/b29-16+. The summed E-state index contributed by atoms with van der Waals surface area (Å²) in [5.41, 5.74) is 4.37. The van der Waals surface area contributed by atoms with Gasteiger partial charge in [0.2, 0.25) is 0 Å². The lowest BCUT2D eigenvalue weighted by molar-refractivity contribution is -0.123. The molecule has 0 aromatic heterocycles. The van der Waals surface area contributed by atoms with Gasteiger partial charge in [0.1, 0.15) is 11.5 Å². The molecule has 4 aromatic carbocycles. The molecule has 4 rings (SSSR count). The fourth-order valence-corrected chi connectivity index (χ4v) is 3.69. The number of fused-ring (bicyclic) bond motifs is 1. The van der Waals surface area contributed by atoms with E-state index in [1.807, 2.05) is 55.5 Å². The van der Waals surface area contributed by atoms with Gasteiger partial charge >= 0.3 is 5.97 Å². The summed E-state index contributed by atoms with van der Waals surface area (Å²) in [6, 6.07) is 25.8. The molecule has 6 nitrogen and oxygen atoms in total. The van der Waals surface area contributed by atoms with Crippen molar-refractivity contribution in [2.24, 2.45) is 5.10 Å². The zero-order valence-corrected chi connectivity index (χ0v) is 19.9. The Kier molecular flexibility index (Phi) is 7.34. The number of ether oxygens (including phenoxy) is 2. The molecule has 34 heavy (non-hydrogen) atoms. The van der Waals surface area contributed by atoms with Gasteiger partial charge in [0.25, 0.3) is 5.91 Å². The van der Waals surface area contributed by atoms with Crippen LogP contribution in [0.4, 0.5) is 0 Å². The van der Waals surface area contributed by atoms with Crippen molar-refractivity contribution in [2.75, 3.05) is 6.61 Å². The summed E-state index contributed by atoms with van der Waals surface area (Å²) >= 11 is 3.40. The largest absolute Gasteiger partial charge is 0.483 e. The molecule has 1 amide bonds. The third-order valence-electron chi connectivity index (χ3n) is 4.93. The Morgan fingerprint density at radius 3 is 2.59 bits per heavy atom. The fraction of sp³-hybridized carbons (Fsp3) is 0.0741. The molecule has 0 unspecified atom stereocenters. The van der Waals surface area contributed by atoms with Crippen LogP contribution in [-0.2, 0) is 4.79 Å². The minimum absolute atomic E-state index is 0.195. The number of halogens is 1. The number of hydrogen-bond acceptors (Lipinski definition) is 5. The lowest BCUT2D eigenvalue weighted by Crippen LogP contribution is -2.24. The highest BCUT2D eigenvalue weighted by Gasteiger charge is 2.12. The molecule has 0 radical (unpaired) electrons. The van der Waals surface area contributed by atoms with Crippen LogP contribution >= 0.6 is 15.9 Å². The molecule has 0 heterocycles. The van der Waals surface area contributed by atoms with Crippen molar-refractivity contribution in [3.63, 3.8) is 0 Å². The summed E-state index contributed by atoms with van der Waals surface area (Å²) in [5.74, 6) is 0.0416. The minimum Gasteiger partial charge on any atom is -0.483 e. The van der Waals surface area contributed by atoms with Gasteiger partial charge in [0.05, 0.1) is 11.8 Å². The lowest BCUT2D eigenvalue weighted by Gasteiger charge is -2.09. The molecule has 4 aromatic rings. The Morgan fingerprint density at radius 1 is 0.941 bits per heavy atom. The smallest absolute Gasteiger partial charge is 0.343 e. The van der Waals surface area contributed by atoms with Crippen molar-refractivity contribution in [3.05, 3.63) is 106 Å². The first-order valence-electron chi connectivity index (χ1n) is 10.5. The second-order valence-electron chi connectivity index (χ2n) is 7.50. The number of esters is 1. The fourth-order valence-electron chi connectivity index (χ4n) is 3.31. The maximum atomic E-state index is 12.5. The first kappa shape index (κ1) is 23.2. The van der Waals surface area contributed by atoms with Crippen molar-refractivity contribution >= 4 is 44.8 Å². The van der Waals surface area contributed by atoms with Gasteiger partial charge in [-0.1, -0.05) is 70.0 Å². The quantitative estimate of drug-likeness (QED) is 0.149. The maximum Gasteiger partial charge on any atom is 0.343 e. The van der Waals surface area contributed by atoms with E-state index in [-0.39, 0.29) is 6.61 Å². The summed E-state index contributed by atoms with van der Waals surface area (Å²) < 4.78 is 12.0. The highest BCUT2D eigenvalue weighted by molar-refractivity contribution is 9.10. The number of hydrazone groups is 1. The number of nitrogens with one attached hydrogen (secondary N) is 1. The third kappa shape index (κ3) is 5.88. The summed E-state index contributed by atoms with van der Waals surface area (Å²) in [6.45, 7) is 1.71. The van der Waals surface area contributed by atoms with Gasteiger partial charge in [-0.3, -0.25) is 4.79 Å². The van der Waals surface area contributed by atoms with Crippen LogP contribution in [0.15, 0.2) is 94.5 Å². The predicted octanol–water partition coefficient (Wildman–Crippen LogP) is 5.66. The number of carbonyl (C=O) groups excluding carboxylic acids is 2. The van der Waals surface area contributed by atoms with E-state index in [4.69, 9.17) is 9.47 Å². The second-order valence-corrected chi connectivity index (χ2v) is 8.42. The van der Waals surface area contributed by atoms with Crippen LogP contribution in [0, 0.1) is 6.92 Å². The second kappa shape index (κ2) is 10.8. The number of aryl methyl sites for hydroxylation is 1. The highest BCUT2D eigenvalue weighted by Crippen LogP contribution is 2.25. The van der Waals surface area contributed by atoms with Crippen molar-refractivity contribution < 1.29 is 19.1 Å². The van der Waals surface area contributed by atoms with E-state index >= 15 is 0 Å². The zero-order chi connectivity index (χ0) is 23.9. The molecule has 0 atom stereocenters. The summed E-state index contributed by atoms with van der Waals surface area (Å²) in [6.07, 6.45) is 1.42. The van der Waals surface area contributed by atoms with Crippen LogP contribution < -0.4 is 14.9 Å². The average Bonchev–Trinajstić information content (AvgIpc) is 2.84. The van der Waals surface area contributed by atoms with Crippen molar-refractivity contribution in [2.45, 2.75) is 6.92 Å². The van der Waals surface area contributed by atoms with Crippen LogP contribution in [0.25, 0.3) is 10.8 Å². The van der Waals surface area contributed by atoms with Crippen LogP contribution in [0.1, 0.15) is 21.5 Å². The van der Waals surface area contributed by atoms with Gasteiger partial charge in [0.15, 0.2) is 6.61 Å².